The molecular weight excluding hydrogens is 290 g/mol. The number of carbonyl (C=O) groups excluding carboxylic acids is 1. The quantitative estimate of drug-likeness (QED) is 0.794. The van der Waals surface area contributed by atoms with Crippen molar-refractivity contribution in [3.8, 4) is 17.2 Å². The van der Waals surface area contributed by atoms with Gasteiger partial charge in [-0.05, 0) is 61.9 Å². The van der Waals surface area contributed by atoms with Crippen LogP contribution in [0, 0.1) is 5.92 Å². The largest absolute Gasteiger partial charge is 0.494 e. The van der Waals surface area contributed by atoms with E-state index < -0.39 is 0 Å². The lowest BCUT2D eigenvalue weighted by molar-refractivity contribution is -0.119. The summed E-state index contributed by atoms with van der Waals surface area (Å²) in [5, 5.41) is 2.89. The molecule has 2 aromatic rings. The van der Waals surface area contributed by atoms with Gasteiger partial charge in [0.15, 0.2) is 0 Å². The monoisotopic (exact) mass is 313 g/mol. The van der Waals surface area contributed by atoms with E-state index in [4.69, 9.17) is 9.47 Å². The van der Waals surface area contributed by atoms with Crippen molar-refractivity contribution in [2.24, 2.45) is 5.92 Å². The van der Waals surface area contributed by atoms with Gasteiger partial charge in [0.05, 0.1) is 6.61 Å². The number of anilines is 1. The molecule has 122 valence electrons. The molecule has 0 heterocycles. The first-order valence-corrected chi connectivity index (χ1v) is 7.94. The van der Waals surface area contributed by atoms with Gasteiger partial charge in [-0.25, -0.2) is 0 Å². The van der Waals surface area contributed by atoms with E-state index in [9.17, 15) is 4.79 Å². The fraction of sp³-hybridized carbons (Fsp3) is 0.316. The Morgan fingerprint density at radius 2 is 1.48 bits per heavy atom. The van der Waals surface area contributed by atoms with E-state index in [2.05, 4.69) is 5.32 Å². The summed E-state index contributed by atoms with van der Waals surface area (Å²) in [6.07, 6.45) is 0.824. The van der Waals surface area contributed by atoms with Crippen LogP contribution in [0.1, 0.15) is 27.2 Å². The first-order chi connectivity index (χ1) is 11.1. The molecule has 0 saturated heterocycles. The van der Waals surface area contributed by atoms with E-state index in [1.165, 1.54) is 0 Å². The van der Waals surface area contributed by atoms with Crippen LogP contribution >= 0.6 is 0 Å². The number of rotatable bonds is 7. The zero-order valence-electron chi connectivity index (χ0n) is 13.8. The second-order valence-corrected chi connectivity index (χ2v) is 5.33. The Morgan fingerprint density at radius 1 is 0.957 bits per heavy atom. The number of ether oxygens (including phenoxy) is 2. The summed E-state index contributed by atoms with van der Waals surface area (Å²) in [6.45, 7) is 6.51. The highest BCUT2D eigenvalue weighted by Crippen LogP contribution is 2.25. The molecule has 23 heavy (non-hydrogen) atoms. The van der Waals surface area contributed by atoms with Gasteiger partial charge in [-0.3, -0.25) is 4.79 Å². The third-order valence-corrected chi connectivity index (χ3v) is 3.55. The molecule has 0 spiro atoms. The number of hydrogen-bond donors (Lipinski definition) is 1. The maximum absolute atomic E-state index is 11.9. The van der Waals surface area contributed by atoms with Crippen LogP contribution < -0.4 is 14.8 Å². The molecule has 2 aromatic carbocycles. The van der Waals surface area contributed by atoms with E-state index >= 15 is 0 Å². The standard InChI is InChI=1S/C19H23NO3/c1-4-14(3)19(21)20-15-6-8-17(9-7-15)23-18-12-10-16(11-13-18)22-5-2/h6-14H,4-5H2,1-3H3,(H,20,21). The van der Waals surface area contributed by atoms with E-state index in [-0.39, 0.29) is 11.8 Å². The van der Waals surface area contributed by atoms with Crippen LogP contribution in [-0.2, 0) is 4.79 Å². The SMILES string of the molecule is CCOc1ccc(Oc2ccc(NC(=O)C(C)CC)cc2)cc1. The summed E-state index contributed by atoms with van der Waals surface area (Å²) in [5.41, 5.74) is 0.773. The number of nitrogens with one attached hydrogen (secondary N) is 1. The zero-order valence-corrected chi connectivity index (χ0v) is 13.8. The van der Waals surface area contributed by atoms with Crippen molar-refractivity contribution >= 4 is 11.6 Å². The van der Waals surface area contributed by atoms with E-state index in [1.54, 1.807) is 0 Å². The van der Waals surface area contributed by atoms with Gasteiger partial charge in [0.25, 0.3) is 0 Å². The van der Waals surface area contributed by atoms with Crippen molar-refractivity contribution in [1.29, 1.82) is 0 Å². The molecule has 0 saturated carbocycles. The highest BCUT2D eigenvalue weighted by atomic mass is 16.5. The predicted octanol–water partition coefficient (Wildman–Crippen LogP) is 4.86. The molecule has 0 aliphatic carbocycles. The van der Waals surface area contributed by atoms with E-state index in [0.717, 1.165) is 29.4 Å². The maximum Gasteiger partial charge on any atom is 0.227 e. The highest BCUT2D eigenvalue weighted by Gasteiger charge is 2.10. The molecule has 4 heteroatoms. The maximum atomic E-state index is 11.9. The summed E-state index contributed by atoms with van der Waals surface area (Å²) < 4.78 is 11.2. The predicted molar refractivity (Wildman–Crippen MR) is 92.2 cm³/mol. The summed E-state index contributed by atoms with van der Waals surface area (Å²) in [4.78, 5) is 11.9. The third kappa shape index (κ3) is 5.02. The van der Waals surface area contributed by atoms with Crippen LogP contribution in [-0.4, -0.2) is 12.5 Å². The Kier molecular flexibility index (Phi) is 6.03. The normalized spacial score (nSPS) is 11.6. The Balaban J connectivity index is 1.95. The van der Waals surface area contributed by atoms with Gasteiger partial charge in [0.2, 0.25) is 5.91 Å². The summed E-state index contributed by atoms with van der Waals surface area (Å²) in [6, 6.07) is 14.8. The average molecular weight is 313 g/mol. The Bertz CT molecular complexity index is 620. The van der Waals surface area contributed by atoms with Gasteiger partial charge in [-0.15, -0.1) is 0 Å². The van der Waals surface area contributed by atoms with E-state index in [1.807, 2.05) is 69.3 Å². The van der Waals surface area contributed by atoms with Crippen LogP contribution in [0.5, 0.6) is 17.2 Å². The second kappa shape index (κ2) is 8.22. The minimum Gasteiger partial charge on any atom is -0.494 e. The topological polar surface area (TPSA) is 47.6 Å². The van der Waals surface area contributed by atoms with Crippen molar-refractivity contribution in [3.05, 3.63) is 48.5 Å². The highest BCUT2D eigenvalue weighted by molar-refractivity contribution is 5.92. The fourth-order valence-electron chi connectivity index (χ4n) is 1.96. The lowest BCUT2D eigenvalue weighted by Gasteiger charge is -2.11. The summed E-state index contributed by atoms with van der Waals surface area (Å²) >= 11 is 0. The molecular formula is C19H23NO3. The molecule has 1 amide bonds. The number of carbonyl (C=O) groups is 1. The van der Waals surface area contributed by atoms with Crippen molar-refractivity contribution in [1.82, 2.24) is 0 Å². The number of hydrogen-bond acceptors (Lipinski definition) is 3. The van der Waals surface area contributed by atoms with Crippen molar-refractivity contribution in [2.75, 3.05) is 11.9 Å². The minimum absolute atomic E-state index is 0.00906. The van der Waals surface area contributed by atoms with Gasteiger partial charge < -0.3 is 14.8 Å². The van der Waals surface area contributed by atoms with Gasteiger partial charge in [-0.2, -0.15) is 0 Å². The summed E-state index contributed by atoms with van der Waals surface area (Å²) in [7, 11) is 0. The zero-order chi connectivity index (χ0) is 16.7. The van der Waals surface area contributed by atoms with Gasteiger partial charge in [-0.1, -0.05) is 13.8 Å². The number of amides is 1. The molecule has 0 aliphatic rings. The first-order valence-electron chi connectivity index (χ1n) is 7.94. The molecule has 0 aromatic heterocycles. The lowest BCUT2D eigenvalue weighted by atomic mass is 10.1. The van der Waals surface area contributed by atoms with Gasteiger partial charge in [0.1, 0.15) is 17.2 Å². The third-order valence-electron chi connectivity index (χ3n) is 3.55. The van der Waals surface area contributed by atoms with Crippen molar-refractivity contribution in [2.45, 2.75) is 27.2 Å². The Morgan fingerprint density at radius 3 is 2.00 bits per heavy atom. The van der Waals surface area contributed by atoms with Crippen LogP contribution in [0.15, 0.2) is 48.5 Å². The molecule has 0 aliphatic heterocycles. The van der Waals surface area contributed by atoms with Gasteiger partial charge in [0, 0.05) is 11.6 Å². The Labute approximate surface area is 137 Å². The molecule has 1 N–H and O–H groups in total. The minimum atomic E-state index is 0.00906. The van der Waals surface area contributed by atoms with Crippen LogP contribution in [0.4, 0.5) is 5.69 Å². The van der Waals surface area contributed by atoms with Crippen LogP contribution in [0.25, 0.3) is 0 Å². The number of benzene rings is 2. The van der Waals surface area contributed by atoms with Crippen molar-refractivity contribution < 1.29 is 14.3 Å². The molecule has 1 atom stereocenters. The molecule has 2 rings (SSSR count). The molecule has 0 fully saturated rings. The first kappa shape index (κ1) is 16.9. The smallest absolute Gasteiger partial charge is 0.227 e. The van der Waals surface area contributed by atoms with Crippen LogP contribution in [0.3, 0.4) is 0 Å². The molecule has 0 radical (unpaired) electrons. The lowest BCUT2D eigenvalue weighted by Crippen LogP contribution is -2.19. The van der Waals surface area contributed by atoms with E-state index in [0.29, 0.717) is 6.61 Å². The molecule has 0 bridgehead atoms. The molecule has 1 unspecified atom stereocenters. The second-order valence-electron chi connectivity index (χ2n) is 5.33. The fourth-order valence-corrected chi connectivity index (χ4v) is 1.96. The Hall–Kier alpha value is -2.49. The molecule has 4 nitrogen and oxygen atoms in total. The summed E-state index contributed by atoms with van der Waals surface area (Å²) in [5.74, 6) is 2.32. The average Bonchev–Trinajstić information content (AvgIpc) is 2.58. The van der Waals surface area contributed by atoms with Crippen LogP contribution in [0.2, 0.25) is 0 Å². The van der Waals surface area contributed by atoms with Crippen molar-refractivity contribution in [3.63, 3.8) is 0 Å². The van der Waals surface area contributed by atoms with Gasteiger partial charge >= 0.3 is 0 Å².